The molecule has 3 rings (SSSR count). The predicted molar refractivity (Wildman–Crippen MR) is 72.1 cm³/mol. The number of ether oxygens (including phenoxy) is 1. The summed E-state index contributed by atoms with van der Waals surface area (Å²) in [6.07, 6.45) is 3.46. The van der Waals surface area contributed by atoms with Crippen LogP contribution in [0.25, 0.3) is 0 Å². The third kappa shape index (κ3) is 2.36. The molecule has 0 saturated heterocycles. The van der Waals surface area contributed by atoms with E-state index in [1.54, 1.807) is 19.2 Å². The van der Waals surface area contributed by atoms with Crippen LogP contribution < -0.4 is 5.32 Å². The number of furan rings is 1. The topological polar surface area (TPSA) is 71.7 Å². The van der Waals surface area contributed by atoms with E-state index in [4.69, 9.17) is 9.15 Å². The molecule has 0 aromatic carbocycles. The number of carbonyl (C=O) groups excluding carboxylic acids is 1. The van der Waals surface area contributed by atoms with Gasteiger partial charge in [0.15, 0.2) is 5.76 Å². The van der Waals surface area contributed by atoms with Crippen molar-refractivity contribution >= 4 is 5.91 Å². The number of amides is 1. The van der Waals surface area contributed by atoms with Crippen LogP contribution in [0.15, 0.2) is 16.5 Å². The van der Waals surface area contributed by atoms with Crippen LogP contribution >= 0.6 is 0 Å². The van der Waals surface area contributed by atoms with Gasteiger partial charge >= 0.3 is 0 Å². The predicted octanol–water partition coefficient (Wildman–Crippen LogP) is 1.56. The lowest BCUT2D eigenvalue weighted by molar-refractivity contribution is 0.0827. The van der Waals surface area contributed by atoms with E-state index < -0.39 is 0 Å². The maximum absolute atomic E-state index is 12.2. The van der Waals surface area contributed by atoms with Crippen molar-refractivity contribution in [3.05, 3.63) is 23.7 Å². The van der Waals surface area contributed by atoms with Crippen LogP contribution in [0.2, 0.25) is 0 Å². The number of aliphatic hydroxyl groups excluding tert-OH is 1. The van der Waals surface area contributed by atoms with Gasteiger partial charge in [0.25, 0.3) is 5.91 Å². The van der Waals surface area contributed by atoms with E-state index in [2.05, 4.69) is 5.32 Å². The molecule has 1 aromatic rings. The highest BCUT2D eigenvalue weighted by atomic mass is 16.5. The SMILES string of the molecule is COCc1ccc(C(=O)NC2C3CCC(C3)C2CO)o1. The molecule has 2 bridgehead atoms. The highest BCUT2D eigenvalue weighted by molar-refractivity contribution is 5.91. The molecule has 20 heavy (non-hydrogen) atoms. The second-order valence-electron chi connectivity index (χ2n) is 5.88. The van der Waals surface area contributed by atoms with Crippen molar-refractivity contribution in [1.82, 2.24) is 5.32 Å². The van der Waals surface area contributed by atoms with Gasteiger partial charge in [-0.2, -0.15) is 0 Å². The molecule has 0 spiro atoms. The normalized spacial score (nSPS) is 31.7. The Morgan fingerprint density at radius 3 is 3.00 bits per heavy atom. The first kappa shape index (κ1) is 13.6. The zero-order chi connectivity index (χ0) is 14.1. The molecule has 2 N–H and O–H groups in total. The molecule has 110 valence electrons. The van der Waals surface area contributed by atoms with Crippen molar-refractivity contribution in [2.24, 2.45) is 17.8 Å². The quantitative estimate of drug-likeness (QED) is 0.858. The summed E-state index contributed by atoms with van der Waals surface area (Å²) in [6.45, 7) is 0.514. The number of rotatable bonds is 5. The minimum absolute atomic E-state index is 0.0854. The van der Waals surface area contributed by atoms with E-state index in [-0.39, 0.29) is 24.5 Å². The summed E-state index contributed by atoms with van der Waals surface area (Å²) in [7, 11) is 1.59. The Morgan fingerprint density at radius 1 is 1.45 bits per heavy atom. The highest BCUT2D eigenvalue weighted by Gasteiger charge is 2.47. The maximum atomic E-state index is 12.2. The van der Waals surface area contributed by atoms with Gasteiger partial charge in [-0.3, -0.25) is 4.79 Å². The lowest BCUT2D eigenvalue weighted by atomic mass is 9.85. The summed E-state index contributed by atoms with van der Waals surface area (Å²) in [5, 5.41) is 12.6. The van der Waals surface area contributed by atoms with Gasteiger partial charge in [-0.25, -0.2) is 0 Å². The molecule has 1 heterocycles. The van der Waals surface area contributed by atoms with Crippen LogP contribution in [-0.4, -0.2) is 30.8 Å². The lowest BCUT2D eigenvalue weighted by Crippen LogP contribution is -2.45. The Balaban J connectivity index is 1.66. The van der Waals surface area contributed by atoms with E-state index >= 15 is 0 Å². The van der Waals surface area contributed by atoms with Gasteiger partial charge in [-0.1, -0.05) is 0 Å². The maximum Gasteiger partial charge on any atom is 0.287 e. The Labute approximate surface area is 118 Å². The van der Waals surface area contributed by atoms with Crippen molar-refractivity contribution in [1.29, 1.82) is 0 Å². The number of nitrogens with one attached hydrogen (secondary N) is 1. The van der Waals surface area contributed by atoms with Gasteiger partial charge in [-0.15, -0.1) is 0 Å². The number of methoxy groups -OCH3 is 1. The van der Waals surface area contributed by atoms with Crippen LogP contribution in [0.5, 0.6) is 0 Å². The van der Waals surface area contributed by atoms with Crippen LogP contribution in [0.4, 0.5) is 0 Å². The first-order valence-electron chi connectivity index (χ1n) is 7.22. The van der Waals surface area contributed by atoms with E-state index in [0.29, 0.717) is 30.0 Å². The molecular weight excluding hydrogens is 258 g/mol. The summed E-state index contributed by atoms with van der Waals surface area (Å²) in [6, 6.07) is 3.51. The van der Waals surface area contributed by atoms with Gasteiger partial charge < -0.3 is 19.6 Å². The molecule has 4 unspecified atom stereocenters. The van der Waals surface area contributed by atoms with Gasteiger partial charge in [0.05, 0.1) is 0 Å². The van der Waals surface area contributed by atoms with E-state index in [0.717, 1.165) is 12.8 Å². The second kappa shape index (κ2) is 5.58. The summed E-state index contributed by atoms with van der Waals surface area (Å²) in [5.41, 5.74) is 0. The molecule has 1 aromatic heterocycles. The van der Waals surface area contributed by atoms with Crippen molar-refractivity contribution in [3.63, 3.8) is 0 Å². The summed E-state index contributed by atoms with van der Waals surface area (Å²) in [4.78, 5) is 12.2. The van der Waals surface area contributed by atoms with Gasteiger partial charge in [0.1, 0.15) is 12.4 Å². The fourth-order valence-electron chi connectivity index (χ4n) is 3.84. The molecule has 1 amide bonds. The summed E-state index contributed by atoms with van der Waals surface area (Å²) >= 11 is 0. The van der Waals surface area contributed by atoms with Gasteiger partial charge in [0, 0.05) is 25.7 Å². The Morgan fingerprint density at radius 2 is 2.25 bits per heavy atom. The Kier molecular flexibility index (Phi) is 3.81. The second-order valence-corrected chi connectivity index (χ2v) is 5.88. The number of hydrogen-bond donors (Lipinski definition) is 2. The molecule has 0 aliphatic heterocycles. The minimum atomic E-state index is -0.191. The highest BCUT2D eigenvalue weighted by Crippen LogP contribution is 2.48. The van der Waals surface area contributed by atoms with E-state index in [1.807, 2.05) is 0 Å². The number of carbonyl (C=O) groups is 1. The molecular formula is C15H21NO4. The monoisotopic (exact) mass is 279 g/mol. The molecule has 0 radical (unpaired) electrons. The first-order chi connectivity index (χ1) is 9.72. The third-order valence-electron chi connectivity index (χ3n) is 4.77. The average Bonchev–Trinajstić information content (AvgIpc) is 3.13. The minimum Gasteiger partial charge on any atom is -0.453 e. The summed E-state index contributed by atoms with van der Waals surface area (Å²) in [5.74, 6) is 2.04. The average molecular weight is 279 g/mol. The summed E-state index contributed by atoms with van der Waals surface area (Å²) < 4.78 is 10.4. The lowest BCUT2D eigenvalue weighted by Gasteiger charge is -2.30. The van der Waals surface area contributed by atoms with E-state index in [9.17, 15) is 9.90 Å². The van der Waals surface area contributed by atoms with E-state index in [1.165, 1.54) is 6.42 Å². The first-order valence-corrected chi connectivity index (χ1v) is 7.22. The zero-order valence-corrected chi connectivity index (χ0v) is 11.7. The van der Waals surface area contributed by atoms with Crippen LogP contribution in [0.3, 0.4) is 0 Å². The van der Waals surface area contributed by atoms with Crippen molar-refractivity contribution in [2.45, 2.75) is 31.9 Å². The van der Waals surface area contributed by atoms with Crippen molar-refractivity contribution in [3.8, 4) is 0 Å². The number of aliphatic hydroxyl groups is 1. The molecule has 2 aliphatic carbocycles. The number of hydrogen-bond acceptors (Lipinski definition) is 4. The zero-order valence-electron chi connectivity index (χ0n) is 11.7. The molecule has 2 fully saturated rings. The fourth-order valence-corrected chi connectivity index (χ4v) is 3.84. The molecule has 2 saturated carbocycles. The molecule has 2 aliphatic rings. The largest absolute Gasteiger partial charge is 0.453 e. The molecule has 5 heteroatoms. The fraction of sp³-hybridized carbons (Fsp3) is 0.667. The van der Waals surface area contributed by atoms with Crippen molar-refractivity contribution < 1.29 is 19.1 Å². The number of fused-ring (bicyclic) bond motifs is 2. The standard InChI is InChI=1S/C15H21NO4/c1-19-8-11-4-5-13(20-11)15(18)16-14-10-3-2-9(6-10)12(14)7-17/h4-5,9-10,12,14,17H,2-3,6-8H2,1H3,(H,16,18). The third-order valence-corrected chi connectivity index (χ3v) is 4.77. The van der Waals surface area contributed by atoms with Crippen LogP contribution in [0.1, 0.15) is 35.6 Å². The van der Waals surface area contributed by atoms with Crippen LogP contribution in [0, 0.1) is 17.8 Å². The van der Waals surface area contributed by atoms with Gasteiger partial charge in [-0.05, 0) is 43.2 Å². The van der Waals surface area contributed by atoms with Crippen molar-refractivity contribution in [2.75, 3.05) is 13.7 Å². The smallest absolute Gasteiger partial charge is 0.287 e. The Bertz CT molecular complexity index is 484. The van der Waals surface area contributed by atoms with Crippen LogP contribution in [-0.2, 0) is 11.3 Å². The molecule has 4 atom stereocenters. The Hall–Kier alpha value is -1.33. The molecule has 5 nitrogen and oxygen atoms in total. The van der Waals surface area contributed by atoms with Gasteiger partial charge in [0.2, 0.25) is 0 Å².